The van der Waals surface area contributed by atoms with Crippen LogP contribution in [0.1, 0.15) is 36.5 Å². The van der Waals surface area contributed by atoms with Gasteiger partial charge in [0.15, 0.2) is 11.6 Å². The molecule has 4 nitrogen and oxygen atoms in total. The summed E-state index contributed by atoms with van der Waals surface area (Å²) in [5.74, 6) is -0.621. The van der Waals surface area contributed by atoms with E-state index in [9.17, 15) is 14.3 Å². The van der Waals surface area contributed by atoms with Crippen molar-refractivity contribution >= 4 is 5.91 Å². The van der Waals surface area contributed by atoms with E-state index in [1.54, 1.807) is 17.9 Å². The number of likely N-dealkylation sites (tertiary alicyclic amines) is 1. The Morgan fingerprint density at radius 2 is 2.15 bits per heavy atom. The molecule has 0 spiro atoms. The number of hydrogen-bond acceptors (Lipinski definition) is 3. The largest absolute Gasteiger partial charge is 0.494 e. The number of carbonyl (C=O) groups excluding carboxylic acids is 1. The van der Waals surface area contributed by atoms with Crippen molar-refractivity contribution in [2.75, 3.05) is 20.2 Å². The van der Waals surface area contributed by atoms with Crippen LogP contribution in [0.5, 0.6) is 5.75 Å². The average molecular weight is 281 g/mol. The van der Waals surface area contributed by atoms with E-state index >= 15 is 0 Å². The van der Waals surface area contributed by atoms with Crippen LogP contribution >= 0.6 is 0 Å². The SMILES string of the molecule is COc1ccc(C(=O)N2CCCC(C)(O)CC2)cc1F. The molecule has 0 radical (unpaired) electrons. The number of aliphatic hydroxyl groups is 1. The molecule has 2 rings (SSSR count). The van der Waals surface area contributed by atoms with Gasteiger partial charge >= 0.3 is 0 Å². The number of carbonyl (C=O) groups is 1. The molecule has 110 valence electrons. The molecule has 1 fully saturated rings. The van der Waals surface area contributed by atoms with Gasteiger partial charge in [0.05, 0.1) is 12.7 Å². The van der Waals surface area contributed by atoms with Gasteiger partial charge in [-0.1, -0.05) is 0 Å². The standard InChI is InChI=1S/C15H20FNO3/c1-15(19)6-3-8-17(9-7-15)14(18)11-4-5-13(20-2)12(16)10-11/h4-5,10,19H,3,6-9H2,1-2H3. The van der Waals surface area contributed by atoms with Gasteiger partial charge in [0.2, 0.25) is 0 Å². The number of rotatable bonds is 2. The molecule has 0 saturated carbocycles. The first-order chi connectivity index (χ1) is 9.43. The second-order valence-corrected chi connectivity index (χ2v) is 5.49. The number of methoxy groups -OCH3 is 1. The van der Waals surface area contributed by atoms with Gasteiger partial charge in [-0.2, -0.15) is 0 Å². The predicted octanol–water partition coefficient (Wildman–Crippen LogP) is 2.21. The molecule has 0 aliphatic carbocycles. The predicted molar refractivity (Wildman–Crippen MR) is 73.3 cm³/mol. The highest BCUT2D eigenvalue weighted by Crippen LogP contribution is 2.23. The minimum absolute atomic E-state index is 0.125. The Morgan fingerprint density at radius 1 is 1.40 bits per heavy atom. The van der Waals surface area contributed by atoms with E-state index < -0.39 is 11.4 Å². The Bertz CT molecular complexity index is 502. The fourth-order valence-corrected chi connectivity index (χ4v) is 2.45. The normalized spacial score (nSPS) is 23.3. The third kappa shape index (κ3) is 3.28. The van der Waals surface area contributed by atoms with E-state index in [0.717, 1.165) is 6.42 Å². The number of halogens is 1. The van der Waals surface area contributed by atoms with Crippen LogP contribution in [-0.2, 0) is 0 Å². The Balaban J connectivity index is 2.13. The van der Waals surface area contributed by atoms with Crippen LogP contribution in [0, 0.1) is 5.82 Å². The van der Waals surface area contributed by atoms with Crippen molar-refractivity contribution in [1.82, 2.24) is 4.90 Å². The minimum atomic E-state index is -0.722. The van der Waals surface area contributed by atoms with E-state index in [0.29, 0.717) is 31.5 Å². The van der Waals surface area contributed by atoms with Gasteiger partial charge < -0.3 is 14.7 Å². The first-order valence-electron chi connectivity index (χ1n) is 6.78. The lowest BCUT2D eigenvalue weighted by Gasteiger charge is -2.22. The first-order valence-corrected chi connectivity index (χ1v) is 6.78. The smallest absolute Gasteiger partial charge is 0.253 e. The summed E-state index contributed by atoms with van der Waals surface area (Å²) in [5.41, 5.74) is -0.412. The fourth-order valence-electron chi connectivity index (χ4n) is 2.45. The first kappa shape index (κ1) is 14.8. The van der Waals surface area contributed by atoms with E-state index in [1.807, 2.05) is 0 Å². The molecule has 1 aliphatic heterocycles. The summed E-state index contributed by atoms with van der Waals surface area (Å²) in [4.78, 5) is 14.0. The number of ether oxygens (including phenoxy) is 1. The maximum atomic E-state index is 13.6. The highest BCUT2D eigenvalue weighted by Gasteiger charge is 2.27. The van der Waals surface area contributed by atoms with Crippen molar-refractivity contribution in [1.29, 1.82) is 0 Å². The molecular formula is C15H20FNO3. The van der Waals surface area contributed by atoms with Crippen molar-refractivity contribution < 1.29 is 19.0 Å². The Kier molecular flexibility index (Phi) is 4.28. The lowest BCUT2D eigenvalue weighted by molar-refractivity contribution is 0.0438. The third-order valence-corrected chi connectivity index (χ3v) is 3.75. The van der Waals surface area contributed by atoms with Gasteiger partial charge in [-0.15, -0.1) is 0 Å². The Morgan fingerprint density at radius 3 is 2.80 bits per heavy atom. The summed E-state index contributed by atoms with van der Waals surface area (Å²) in [5, 5.41) is 10.0. The quantitative estimate of drug-likeness (QED) is 0.904. The van der Waals surface area contributed by atoms with Gasteiger partial charge in [0.1, 0.15) is 0 Å². The number of amides is 1. The highest BCUT2D eigenvalue weighted by molar-refractivity contribution is 5.94. The second kappa shape index (κ2) is 5.79. The molecule has 5 heteroatoms. The van der Waals surface area contributed by atoms with E-state index in [1.165, 1.54) is 19.2 Å². The molecule has 1 atom stereocenters. The molecule has 0 aromatic heterocycles. The summed E-state index contributed by atoms with van der Waals surface area (Å²) >= 11 is 0. The van der Waals surface area contributed by atoms with Crippen LogP contribution in [0.25, 0.3) is 0 Å². The van der Waals surface area contributed by atoms with Crippen LogP contribution in [0.15, 0.2) is 18.2 Å². The maximum Gasteiger partial charge on any atom is 0.253 e. The minimum Gasteiger partial charge on any atom is -0.494 e. The highest BCUT2D eigenvalue weighted by atomic mass is 19.1. The van der Waals surface area contributed by atoms with Gasteiger partial charge in [-0.05, 0) is 44.4 Å². The molecule has 20 heavy (non-hydrogen) atoms. The van der Waals surface area contributed by atoms with Crippen molar-refractivity contribution in [2.45, 2.75) is 31.8 Å². The van der Waals surface area contributed by atoms with E-state index in [4.69, 9.17) is 4.74 Å². The molecule has 1 aliphatic rings. The fraction of sp³-hybridized carbons (Fsp3) is 0.533. The van der Waals surface area contributed by atoms with Gasteiger partial charge in [-0.3, -0.25) is 4.79 Å². The molecule has 1 unspecified atom stereocenters. The van der Waals surface area contributed by atoms with Crippen LogP contribution in [0.4, 0.5) is 4.39 Å². The molecule has 1 N–H and O–H groups in total. The van der Waals surface area contributed by atoms with Crippen LogP contribution < -0.4 is 4.74 Å². The molecule has 1 saturated heterocycles. The van der Waals surface area contributed by atoms with E-state index in [-0.39, 0.29) is 11.7 Å². The molecule has 1 aromatic rings. The van der Waals surface area contributed by atoms with Crippen LogP contribution in [0.2, 0.25) is 0 Å². The zero-order valence-electron chi connectivity index (χ0n) is 11.9. The molecule has 1 aromatic carbocycles. The summed E-state index contributed by atoms with van der Waals surface area (Å²) in [6.45, 7) is 2.86. The summed E-state index contributed by atoms with van der Waals surface area (Å²) in [7, 11) is 1.39. The molecule has 0 bridgehead atoms. The summed E-state index contributed by atoms with van der Waals surface area (Å²) in [6, 6.07) is 4.22. The zero-order chi connectivity index (χ0) is 14.8. The summed E-state index contributed by atoms with van der Waals surface area (Å²) in [6.07, 6.45) is 1.96. The van der Waals surface area contributed by atoms with Crippen molar-refractivity contribution in [2.24, 2.45) is 0 Å². The molecule has 1 amide bonds. The topological polar surface area (TPSA) is 49.8 Å². The van der Waals surface area contributed by atoms with E-state index in [2.05, 4.69) is 0 Å². The van der Waals surface area contributed by atoms with Gasteiger partial charge in [-0.25, -0.2) is 4.39 Å². The Labute approximate surface area is 118 Å². The van der Waals surface area contributed by atoms with Crippen molar-refractivity contribution in [3.05, 3.63) is 29.6 Å². The number of benzene rings is 1. The lowest BCUT2D eigenvalue weighted by atomic mass is 9.98. The van der Waals surface area contributed by atoms with Gasteiger partial charge in [0.25, 0.3) is 5.91 Å². The monoisotopic (exact) mass is 281 g/mol. The number of nitrogens with zero attached hydrogens (tertiary/aromatic N) is 1. The second-order valence-electron chi connectivity index (χ2n) is 5.49. The van der Waals surface area contributed by atoms with Crippen molar-refractivity contribution in [3.63, 3.8) is 0 Å². The molecule has 1 heterocycles. The Hall–Kier alpha value is -1.62. The zero-order valence-corrected chi connectivity index (χ0v) is 11.9. The van der Waals surface area contributed by atoms with Crippen molar-refractivity contribution in [3.8, 4) is 5.75 Å². The van der Waals surface area contributed by atoms with Crippen LogP contribution in [0.3, 0.4) is 0 Å². The van der Waals surface area contributed by atoms with Crippen LogP contribution in [-0.4, -0.2) is 41.7 Å². The maximum absolute atomic E-state index is 13.6. The lowest BCUT2D eigenvalue weighted by Crippen LogP contribution is -2.33. The number of hydrogen-bond donors (Lipinski definition) is 1. The third-order valence-electron chi connectivity index (χ3n) is 3.75. The van der Waals surface area contributed by atoms with Gasteiger partial charge in [0, 0.05) is 18.7 Å². The summed E-state index contributed by atoms with van der Waals surface area (Å²) < 4.78 is 18.5. The molecular weight excluding hydrogens is 261 g/mol. The average Bonchev–Trinajstić information content (AvgIpc) is 2.59.